The Morgan fingerprint density at radius 2 is 1.75 bits per heavy atom. The molecule has 0 bridgehead atoms. The van der Waals surface area contributed by atoms with Gasteiger partial charge in [-0.1, -0.05) is 36.3 Å². The lowest BCUT2D eigenvalue weighted by molar-refractivity contribution is -0.137. The number of ether oxygens (including phenoxy) is 2. The number of fused-ring (bicyclic) bond motifs is 1. The zero-order chi connectivity index (χ0) is 25.9. The van der Waals surface area contributed by atoms with Crippen LogP contribution in [0.3, 0.4) is 0 Å². The lowest BCUT2D eigenvalue weighted by atomic mass is 9.85. The van der Waals surface area contributed by atoms with E-state index in [0.29, 0.717) is 5.75 Å². The van der Waals surface area contributed by atoms with E-state index in [1.807, 2.05) is 62.4 Å². The Balaban J connectivity index is 1.54. The summed E-state index contributed by atoms with van der Waals surface area (Å²) >= 11 is 0. The third-order valence-electron chi connectivity index (χ3n) is 6.48. The summed E-state index contributed by atoms with van der Waals surface area (Å²) in [5, 5.41) is 9.15. The first-order valence-electron chi connectivity index (χ1n) is 11.7. The van der Waals surface area contributed by atoms with Gasteiger partial charge in [-0.15, -0.1) is 5.92 Å². The second kappa shape index (κ2) is 10.2. The van der Waals surface area contributed by atoms with Crippen molar-refractivity contribution in [2.24, 2.45) is 0 Å². The molecule has 6 heteroatoms. The number of carbonyl (C=O) groups excluding carboxylic acids is 1. The van der Waals surface area contributed by atoms with Crippen LogP contribution in [0.15, 0.2) is 66.7 Å². The van der Waals surface area contributed by atoms with Crippen molar-refractivity contribution in [2.45, 2.75) is 38.5 Å². The molecule has 0 radical (unpaired) electrons. The summed E-state index contributed by atoms with van der Waals surface area (Å²) in [5.74, 6) is 5.80. The van der Waals surface area contributed by atoms with Crippen molar-refractivity contribution >= 4 is 17.6 Å². The molecule has 1 atom stereocenters. The molecule has 6 nitrogen and oxygen atoms in total. The normalized spacial score (nSPS) is 14.4. The second-order valence-electron chi connectivity index (χ2n) is 9.21. The van der Waals surface area contributed by atoms with Gasteiger partial charge in [0.15, 0.2) is 6.73 Å². The maximum Gasteiger partial charge on any atom is 0.304 e. The molecule has 0 saturated carbocycles. The predicted octanol–water partition coefficient (Wildman–Crippen LogP) is 5.60. The van der Waals surface area contributed by atoms with Crippen LogP contribution in [0.5, 0.6) is 11.5 Å². The zero-order valence-corrected chi connectivity index (χ0v) is 20.9. The van der Waals surface area contributed by atoms with Gasteiger partial charge in [0, 0.05) is 0 Å². The van der Waals surface area contributed by atoms with E-state index in [4.69, 9.17) is 14.6 Å². The summed E-state index contributed by atoms with van der Waals surface area (Å²) in [6.45, 7) is 5.62. The fourth-order valence-corrected chi connectivity index (χ4v) is 4.48. The minimum atomic E-state index is -0.897. The third kappa shape index (κ3) is 4.92. The number of carboxylic acid groups (broad SMARTS) is 1. The van der Waals surface area contributed by atoms with Gasteiger partial charge < -0.3 is 14.6 Å². The number of benzene rings is 3. The molecule has 1 aliphatic heterocycles. The smallest absolute Gasteiger partial charge is 0.304 e. The highest BCUT2D eigenvalue weighted by molar-refractivity contribution is 6.08. The third-order valence-corrected chi connectivity index (χ3v) is 6.48. The maximum absolute atomic E-state index is 13.3. The van der Waals surface area contributed by atoms with Crippen molar-refractivity contribution in [3.8, 4) is 34.5 Å². The summed E-state index contributed by atoms with van der Waals surface area (Å²) in [7, 11) is 1.64. The summed E-state index contributed by atoms with van der Waals surface area (Å²) in [4.78, 5) is 26.1. The minimum absolute atomic E-state index is 0.0309. The number of anilines is 1. The van der Waals surface area contributed by atoms with Gasteiger partial charge in [0.25, 0.3) is 0 Å². The Kier molecular flexibility index (Phi) is 7.03. The van der Waals surface area contributed by atoms with Crippen LogP contribution in [0.25, 0.3) is 11.1 Å². The van der Waals surface area contributed by atoms with Gasteiger partial charge >= 0.3 is 5.97 Å². The van der Waals surface area contributed by atoms with Crippen LogP contribution in [0, 0.1) is 11.8 Å². The van der Waals surface area contributed by atoms with Gasteiger partial charge in [0.2, 0.25) is 5.91 Å². The van der Waals surface area contributed by atoms with Gasteiger partial charge in [0.1, 0.15) is 11.5 Å². The monoisotopic (exact) mass is 483 g/mol. The van der Waals surface area contributed by atoms with Crippen LogP contribution in [0.2, 0.25) is 0 Å². The van der Waals surface area contributed by atoms with Gasteiger partial charge in [0.05, 0.1) is 30.6 Å². The summed E-state index contributed by atoms with van der Waals surface area (Å²) in [6.07, 6.45) is -0.0626. The zero-order valence-electron chi connectivity index (χ0n) is 20.9. The van der Waals surface area contributed by atoms with E-state index in [9.17, 15) is 9.59 Å². The highest BCUT2D eigenvalue weighted by atomic mass is 16.5. The van der Waals surface area contributed by atoms with Crippen LogP contribution in [-0.4, -0.2) is 30.8 Å². The number of amides is 1. The number of aliphatic carboxylic acids is 1. The van der Waals surface area contributed by atoms with E-state index >= 15 is 0 Å². The Morgan fingerprint density at radius 3 is 2.42 bits per heavy atom. The SMILES string of the molecule is CC#CC(CC(=O)O)c1ccc(OCN2C(=O)C(C)(C)c3cc(-c4cccc(OC)c4)ccc32)cc1. The number of hydrogen-bond donors (Lipinski definition) is 1. The largest absolute Gasteiger partial charge is 0.497 e. The van der Waals surface area contributed by atoms with Crippen LogP contribution in [0.1, 0.15) is 44.2 Å². The van der Waals surface area contributed by atoms with Gasteiger partial charge in [-0.2, -0.15) is 0 Å². The Labute approximate surface area is 211 Å². The molecular formula is C30H29NO5. The van der Waals surface area contributed by atoms with Crippen molar-refractivity contribution in [1.82, 2.24) is 0 Å². The van der Waals surface area contributed by atoms with Crippen LogP contribution in [0.4, 0.5) is 5.69 Å². The van der Waals surface area contributed by atoms with Crippen molar-refractivity contribution in [2.75, 3.05) is 18.7 Å². The molecule has 1 heterocycles. The molecule has 1 N–H and O–H groups in total. The molecule has 3 aromatic rings. The van der Waals surface area contributed by atoms with E-state index < -0.39 is 11.4 Å². The van der Waals surface area contributed by atoms with E-state index in [1.54, 1.807) is 31.1 Å². The Hall–Kier alpha value is -4.24. The summed E-state index contributed by atoms with van der Waals surface area (Å²) in [5.41, 5.74) is 3.92. The number of methoxy groups -OCH3 is 1. The first kappa shape index (κ1) is 24.9. The molecule has 0 fully saturated rings. The molecule has 3 aromatic carbocycles. The quantitative estimate of drug-likeness (QED) is 0.422. The summed E-state index contributed by atoms with van der Waals surface area (Å²) in [6, 6.07) is 21.1. The Bertz CT molecular complexity index is 1350. The highest BCUT2D eigenvalue weighted by Gasteiger charge is 2.44. The number of hydrogen-bond acceptors (Lipinski definition) is 4. The molecule has 0 aromatic heterocycles. The molecule has 1 aliphatic rings. The van der Waals surface area contributed by atoms with Crippen molar-refractivity contribution in [1.29, 1.82) is 0 Å². The fraction of sp³-hybridized carbons (Fsp3) is 0.267. The lowest BCUT2D eigenvalue weighted by Gasteiger charge is -2.21. The van der Waals surface area contributed by atoms with Gasteiger partial charge in [-0.25, -0.2) is 0 Å². The predicted molar refractivity (Wildman–Crippen MR) is 139 cm³/mol. The van der Waals surface area contributed by atoms with Crippen molar-refractivity contribution in [3.05, 3.63) is 77.9 Å². The highest BCUT2D eigenvalue weighted by Crippen LogP contribution is 2.43. The second-order valence-corrected chi connectivity index (χ2v) is 9.21. The first-order valence-corrected chi connectivity index (χ1v) is 11.7. The lowest BCUT2D eigenvalue weighted by Crippen LogP contribution is -2.38. The molecule has 1 unspecified atom stereocenters. The standard InChI is InChI=1S/C30H29NO5/c1-5-7-21(18-28(32)33)20-10-13-24(14-11-20)36-19-31-27-15-12-23(17-26(27)30(2,3)29(31)34)22-8-6-9-25(16-22)35-4/h6,8-17,21H,18-19H2,1-4H3,(H,32,33). The molecule has 0 aliphatic carbocycles. The average molecular weight is 484 g/mol. The number of carbonyl (C=O) groups is 2. The molecule has 184 valence electrons. The van der Waals surface area contributed by atoms with Crippen LogP contribution >= 0.6 is 0 Å². The van der Waals surface area contributed by atoms with Crippen LogP contribution < -0.4 is 14.4 Å². The number of rotatable bonds is 8. The first-order chi connectivity index (χ1) is 17.2. The topological polar surface area (TPSA) is 76.1 Å². The molecule has 0 saturated heterocycles. The summed E-state index contributed by atoms with van der Waals surface area (Å²) < 4.78 is 11.3. The van der Waals surface area contributed by atoms with Crippen LogP contribution in [-0.2, 0) is 15.0 Å². The number of carboxylic acids is 1. The minimum Gasteiger partial charge on any atom is -0.497 e. The van der Waals surface area contributed by atoms with Gasteiger partial charge in [-0.3, -0.25) is 14.5 Å². The van der Waals surface area contributed by atoms with Crippen molar-refractivity contribution in [3.63, 3.8) is 0 Å². The van der Waals surface area contributed by atoms with E-state index in [1.165, 1.54) is 0 Å². The van der Waals surface area contributed by atoms with E-state index in [2.05, 4.69) is 17.9 Å². The maximum atomic E-state index is 13.3. The molecule has 1 amide bonds. The molecular weight excluding hydrogens is 454 g/mol. The van der Waals surface area contributed by atoms with E-state index in [-0.39, 0.29) is 25.0 Å². The average Bonchev–Trinajstić information content (AvgIpc) is 3.07. The van der Waals surface area contributed by atoms with Gasteiger partial charge in [-0.05, 0) is 79.4 Å². The molecule has 4 rings (SSSR count). The Morgan fingerprint density at radius 1 is 1.03 bits per heavy atom. The molecule has 36 heavy (non-hydrogen) atoms. The van der Waals surface area contributed by atoms with Crippen molar-refractivity contribution < 1.29 is 24.2 Å². The van der Waals surface area contributed by atoms with E-state index in [0.717, 1.165) is 33.7 Å². The fourth-order valence-electron chi connectivity index (χ4n) is 4.48. The number of nitrogens with zero attached hydrogens (tertiary/aromatic N) is 1. The molecule has 0 spiro atoms.